The van der Waals surface area contributed by atoms with E-state index in [2.05, 4.69) is 10.4 Å². The lowest BCUT2D eigenvalue weighted by Gasteiger charge is -2.35. The van der Waals surface area contributed by atoms with Crippen LogP contribution in [0.1, 0.15) is 27.5 Å². The molecule has 142 valence electrons. The number of aromatic nitrogens is 2. The molecule has 2 heterocycles. The summed E-state index contributed by atoms with van der Waals surface area (Å²) in [4.78, 5) is 27.2. The molecule has 1 aliphatic heterocycles. The zero-order valence-electron chi connectivity index (χ0n) is 15.1. The Morgan fingerprint density at radius 2 is 2.04 bits per heavy atom. The lowest BCUT2D eigenvalue weighted by molar-refractivity contribution is -0.128. The first-order valence-corrected chi connectivity index (χ1v) is 9.02. The van der Waals surface area contributed by atoms with Crippen LogP contribution in [-0.2, 0) is 11.3 Å². The van der Waals surface area contributed by atoms with Crippen molar-refractivity contribution in [3.05, 3.63) is 89.5 Å². The Morgan fingerprint density at radius 3 is 2.82 bits per heavy atom. The van der Waals surface area contributed by atoms with E-state index in [1.807, 2.05) is 24.4 Å². The molecule has 6 nitrogen and oxygen atoms in total. The molecule has 0 bridgehead atoms. The standard InChI is InChI=1S/C21H19FN4O2/c22-18-7-2-5-16(13-18)19-20(27)23-9-11-26(19)21(28)17-6-1-4-15(12-17)14-25-10-3-8-24-25/h1-8,10,12-13,19H,9,11,14H2,(H,23,27)/t19-/m0/s1. The van der Waals surface area contributed by atoms with Gasteiger partial charge in [-0.2, -0.15) is 5.10 Å². The molecule has 1 fully saturated rings. The predicted octanol–water partition coefficient (Wildman–Crippen LogP) is 2.38. The van der Waals surface area contributed by atoms with Crippen LogP contribution in [0.15, 0.2) is 67.0 Å². The van der Waals surface area contributed by atoms with Crippen LogP contribution >= 0.6 is 0 Å². The molecule has 1 aliphatic rings. The van der Waals surface area contributed by atoms with Gasteiger partial charge in [-0.25, -0.2) is 4.39 Å². The van der Waals surface area contributed by atoms with Crippen LogP contribution in [0.25, 0.3) is 0 Å². The van der Waals surface area contributed by atoms with Crippen LogP contribution in [0.3, 0.4) is 0 Å². The molecule has 3 aromatic rings. The zero-order chi connectivity index (χ0) is 19.5. The van der Waals surface area contributed by atoms with Crippen molar-refractivity contribution in [1.82, 2.24) is 20.0 Å². The van der Waals surface area contributed by atoms with E-state index in [0.29, 0.717) is 30.8 Å². The minimum Gasteiger partial charge on any atom is -0.352 e. The van der Waals surface area contributed by atoms with Crippen molar-refractivity contribution < 1.29 is 14.0 Å². The average molecular weight is 378 g/mol. The molecule has 1 N–H and O–H groups in total. The maximum Gasteiger partial charge on any atom is 0.254 e. The Labute approximate surface area is 161 Å². The molecule has 2 aromatic carbocycles. The van der Waals surface area contributed by atoms with E-state index < -0.39 is 11.9 Å². The van der Waals surface area contributed by atoms with Crippen molar-refractivity contribution in [1.29, 1.82) is 0 Å². The van der Waals surface area contributed by atoms with Crippen LogP contribution in [0.2, 0.25) is 0 Å². The quantitative estimate of drug-likeness (QED) is 0.758. The number of amides is 2. The largest absolute Gasteiger partial charge is 0.352 e. The molecule has 2 amide bonds. The Balaban J connectivity index is 1.63. The third kappa shape index (κ3) is 3.64. The highest BCUT2D eigenvalue weighted by molar-refractivity contribution is 5.98. The minimum atomic E-state index is -0.855. The van der Waals surface area contributed by atoms with Crippen LogP contribution in [-0.4, -0.2) is 39.6 Å². The fourth-order valence-corrected chi connectivity index (χ4v) is 3.44. The van der Waals surface area contributed by atoms with Gasteiger partial charge >= 0.3 is 0 Å². The van der Waals surface area contributed by atoms with Crippen molar-refractivity contribution in [2.45, 2.75) is 12.6 Å². The molecule has 0 aliphatic carbocycles. The van der Waals surface area contributed by atoms with Gasteiger partial charge in [-0.1, -0.05) is 24.3 Å². The molecule has 4 rings (SSSR count). The SMILES string of the molecule is O=C1NCCN(C(=O)c2cccc(Cn3cccn3)c2)[C@H]1c1cccc(F)c1. The second kappa shape index (κ2) is 7.64. The summed E-state index contributed by atoms with van der Waals surface area (Å²) in [5.41, 5.74) is 1.87. The van der Waals surface area contributed by atoms with Gasteiger partial charge in [-0.3, -0.25) is 14.3 Å². The van der Waals surface area contributed by atoms with Gasteiger partial charge in [-0.15, -0.1) is 0 Å². The molecular weight excluding hydrogens is 359 g/mol. The summed E-state index contributed by atoms with van der Waals surface area (Å²) in [7, 11) is 0. The van der Waals surface area contributed by atoms with Crippen molar-refractivity contribution in [3.63, 3.8) is 0 Å². The number of rotatable bonds is 4. The van der Waals surface area contributed by atoms with Gasteiger partial charge in [-0.05, 0) is 41.5 Å². The molecular formula is C21H19FN4O2. The molecule has 0 spiro atoms. The highest BCUT2D eigenvalue weighted by Crippen LogP contribution is 2.26. The first-order chi connectivity index (χ1) is 13.6. The van der Waals surface area contributed by atoms with Gasteiger partial charge in [0.15, 0.2) is 0 Å². The lowest BCUT2D eigenvalue weighted by Crippen LogP contribution is -2.52. The Kier molecular flexibility index (Phi) is 4.89. The lowest BCUT2D eigenvalue weighted by atomic mass is 10.0. The second-order valence-electron chi connectivity index (χ2n) is 6.65. The first kappa shape index (κ1) is 17.9. The molecule has 1 atom stereocenters. The molecule has 7 heteroatoms. The van der Waals surface area contributed by atoms with E-state index in [0.717, 1.165) is 5.56 Å². The first-order valence-electron chi connectivity index (χ1n) is 9.02. The summed E-state index contributed by atoms with van der Waals surface area (Å²) in [6.45, 7) is 1.26. The summed E-state index contributed by atoms with van der Waals surface area (Å²) in [5.74, 6) is -1.01. The van der Waals surface area contributed by atoms with Gasteiger partial charge < -0.3 is 10.2 Å². The third-order valence-electron chi connectivity index (χ3n) is 4.71. The minimum absolute atomic E-state index is 0.258. The average Bonchev–Trinajstić information content (AvgIpc) is 3.20. The number of hydrogen-bond acceptors (Lipinski definition) is 3. The number of nitrogens with one attached hydrogen (secondary N) is 1. The summed E-state index contributed by atoms with van der Waals surface area (Å²) < 4.78 is 15.5. The topological polar surface area (TPSA) is 67.2 Å². The molecule has 0 saturated carbocycles. The Hall–Kier alpha value is -3.48. The summed E-state index contributed by atoms with van der Waals surface area (Å²) in [6, 6.07) is 14.1. The van der Waals surface area contributed by atoms with E-state index >= 15 is 0 Å². The molecule has 1 saturated heterocycles. The molecule has 0 unspecified atom stereocenters. The van der Waals surface area contributed by atoms with Crippen molar-refractivity contribution >= 4 is 11.8 Å². The number of piperazine rings is 1. The number of halogens is 1. The maximum atomic E-state index is 13.7. The summed E-state index contributed by atoms with van der Waals surface area (Å²) in [6.07, 6.45) is 3.55. The van der Waals surface area contributed by atoms with E-state index in [4.69, 9.17) is 0 Å². The van der Waals surface area contributed by atoms with E-state index in [9.17, 15) is 14.0 Å². The van der Waals surface area contributed by atoms with Crippen LogP contribution in [0, 0.1) is 5.82 Å². The monoisotopic (exact) mass is 378 g/mol. The second-order valence-corrected chi connectivity index (χ2v) is 6.65. The highest BCUT2D eigenvalue weighted by atomic mass is 19.1. The number of carbonyl (C=O) groups excluding carboxylic acids is 2. The smallest absolute Gasteiger partial charge is 0.254 e. The zero-order valence-corrected chi connectivity index (χ0v) is 15.1. The normalized spacial score (nSPS) is 16.7. The molecule has 0 radical (unpaired) electrons. The third-order valence-corrected chi connectivity index (χ3v) is 4.71. The Bertz CT molecular complexity index is 1000. The van der Waals surface area contributed by atoms with Gasteiger partial charge in [0.25, 0.3) is 5.91 Å². The van der Waals surface area contributed by atoms with E-state index in [-0.39, 0.29) is 11.8 Å². The predicted molar refractivity (Wildman–Crippen MR) is 101 cm³/mol. The summed E-state index contributed by atoms with van der Waals surface area (Å²) in [5, 5.41) is 6.94. The number of carbonyl (C=O) groups is 2. The van der Waals surface area contributed by atoms with Crippen molar-refractivity contribution in [3.8, 4) is 0 Å². The highest BCUT2D eigenvalue weighted by Gasteiger charge is 2.35. The van der Waals surface area contributed by atoms with E-state index in [1.165, 1.54) is 17.0 Å². The maximum absolute atomic E-state index is 13.7. The fraction of sp³-hybridized carbons (Fsp3) is 0.190. The number of nitrogens with zero attached hydrogens (tertiary/aromatic N) is 3. The number of hydrogen-bond donors (Lipinski definition) is 1. The van der Waals surface area contributed by atoms with E-state index in [1.54, 1.807) is 35.1 Å². The van der Waals surface area contributed by atoms with Crippen LogP contribution in [0.5, 0.6) is 0 Å². The van der Waals surface area contributed by atoms with Gasteiger partial charge in [0.1, 0.15) is 11.9 Å². The Morgan fingerprint density at radius 1 is 1.18 bits per heavy atom. The van der Waals surface area contributed by atoms with Crippen LogP contribution in [0.4, 0.5) is 4.39 Å². The molecule has 28 heavy (non-hydrogen) atoms. The van der Waals surface area contributed by atoms with Crippen LogP contribution < -0.4 is 5.32 Å². The van der Waals surface area contributed by atoms with Gasteiger partial charge in [0.2, 0.25) is 5.91 Å². The van der Waals surface area contributed by atoms with Gasteiger partial charge in [0.05, 0.1) is 6.54 Å². The summed E-state index contributed by atoms with van der Waals surface area (Å²) >= 11 is 0. The van der Waals surface area contributed by atoms with Crippen molar-refractivity contribution in [2.75, 3.05) is 13.1 Å². The van der Waals surface area contributed by atoms with Gasteiger partial charge in [0, 0.05) is 31.0 Å². The van der Waals surface area contributed by atoms with Crippen molar-refractivity contribution in [2.24, 2.45) is 0 Å². The number of benzene rings is 2. The fourth-order valence-electron chi connectivity index (χ4n) is 3.44. The molecule has 1 aromatic heterocycles.